The van der Waals surface area contributed by atoms with Crippen LogP contribution in [0.15, 0.2) is 38.7 Å². The van der Waals surface area contributed by atoms with Gasteiger partial charge in [0.1, 0.15) is 0 Å². The second-order valence-corrected chi connectivity index (χ2v) is 6.73. The van der Waals surface area contributed by atoms with Crippen molar-refractivity contribution in [3.63, 3.8) is 0 Å². The van der Waals surface area contributed by atoms with Gasteiger partial charge in [-0.3, -0.25) is 4.79 Å². The largest absolute Gasteiger partial charge is 0.359 e. The molecule has 1 aliphatic rings. The molecule has 3 aromatic rings. The normalized spacial score (nSPS) is 17.5. The van der Waals surface area contributed by atoms with Crippen LogP contribution >= 0.6 is 11.3 Å². The van der Waals surface area contributed by atoms with Gasteiger partial charge in [0.25, 0.3) is 5.91 Å². The highest BCUT2D eigenvalue weighted by Crippen LogP contribution is 2.34. The van der Waals surface area contributed by atoms with Crippen LogP contribution in [0.4, 0.5) is 0 Å². The number of hydrogen-bond donors (Lipinski definition) is 0. The molecule has 0 aliphatic carbocycles. The third-order valence-electron chi connectivity index (χ3n) is 4.27. The molecule has 1 saturated heterocycles. The molecule has 1 amide bonds. The number of aryl methyl sites for hydroxylation is 1. The third kappa shape index (κ3) is 2.65. The Hall–Kier alpha value is -2.41. The summed E-state index contributed by atoms with van der Waals surface area (Å²) in [7, 11) is 0. The van der Waals surface area contributed by atoms with Gasteiger partial charge in [0, 0.05) is 18.7 Å². The summed E-state index contributed by atoms with van der Waals surface area (Å²) in [4.78, 5) is 15.6. The molecule has 0 saturated carbocycles. The summed E-state index contributed by atoms with van der Waals surface area (Å²) < 4.78 is 10.8. The zero-order chi connectivity index (χ0) is 16.5. The highest BCUT2D eigenvalue weighted by atomic mass is 32.1. The molecule has 0 aromatic carbocycles. The fourth-order valence-corrected chi connectivity index (χ4v) is 3.69. The third-order valence-corrected chi connectivity index (χ3v) is 5.16. The highest BCUT2D eigenvalue weighted by Gasteiger charge is 2.34. The molecule has 1 unspecified atom stereocenters. The van der Waals surface area contributed by atoms with Crippen LogP contribution in [0.5, 0.6) is 0 Å². The van der Waals surface area contributed by atoms with E-state index < -0.39 is 0 Å². The molecule has 6 nitrogen and oxygen atoms in total. The number of rotatable bonds is 4. The van der Waals surface area contributed by atoms with Gasteiger partial charge in [-0.25, -0.2) is 0 Å². The molecule has 0 radical (unpaired) electrons. The first-order valence-electron chi connectivity index (χ1n) is 8.03. The molecule has 124 valence electrons. The van der Waals surface area contributed by atoms with Gasteiger partial charge < -0.3 is 13.9 Å². The number of hydrogen-bond acceptors (Lipinski definition) is 6. The molecular weight excluding hydrogens is 326 g/mol. The minimum Gasteiger partial charge on any atom is -0.359 e. The van der Waals surface area contributed by atoms with E-state index >= 15 is 0 Å². The number of amides is 1. The van der Waals surface area contributed by atoms with Crippen LogP contribution in [0.25, 0.3) is 10.6 Å². The van der Waals surface area contributed by atoms with Gasteiger partial charge in [0.2, 0.25) is 0 Å². The Kier molecular flexibility index (Phi) is 3.93. The van der Waals surface area contributed by atoms with Gasteiger partial charge in [-0.05, 0) is 30.7 Å². The monoisotopic (exact) mass is 343 g/mol. The second kappa shape index (κ2) is 6.24. The van der Waals surface area contributed by atoms with Gasteiger partial charge in [-0.1, -0.05) is 23.3 Å². The van der Waals surface area contributed by atoms with Crippen molar-refractivity contribution in [2.45, 2.75) is 32.2 Å². The molecule has 1 fully saturated rings. The molecule has 0 bridgehead atoms. The average molecular weight is 343 g/mol. The number of nitrogens with zero attached hydrogens (tertiary/aromatic N) is 3. The van der Waals surface area contributed by atoms with Gasteiger partial charge in [-0.2, -0.15) is 0 Å². The van der Waals surface area contributed by atoms with Crippen LogP contribution in [0.1, 0.15) is 47.7 Å². The van der Waals surface area contributed by atoms with Gasteiger partial charge >= 0.3 is 0 Å². The van der Waals surface area contributed by atoms with E-state index in [1.54, 1.807) is 22.3 Å². The highest BCUT2D eigenvalue weighted by molar-refractivity contribution is 7.13. The van der Waals surface area contributed by atoms with Crippen molar-refractivity contribution in [1.29, 1.82) is 0 Å². The zero-order valence-corrected chi connectivity index (χ0v) is 14.1. The zero-order valence-electron chi connectivity index (χ0n) is 13.3. The van der Waals surface area contributed by atoms with E-state index in [1.807, 2.05) is 30.5 Å². The molecule has 7 heteroatoms. The maximum Gasteiger partial charge on any atom is 0.276 e. The van der Waals surface area contributed by atoms with Crippen LogP contribution in [0.3, 0.4) is 0 Å². The molecule has 1 atom stereocenters. The predicted octanol–water partition coefficient (Wildman–Crippen LogP) is 3.93. The molecule has 0 spiro atoms. The number of carbonyl (C=O) groups excluding carboxylic acids is 1. The number of aromatic nitrogens is 2. The smallest absolute Gasteiger partial charge is 0.276 e. The molecule has 4 rings (SSSR count). The fraction of sp³-hybridized carbons (Fsp3) is 0.353. The summed E-state index contributed by atoms with van der Waals surface area (Å²) in [5.41, 5.74) is 1.24. The van der Waals surface area contributed by atoms with Crippen molar-refractivity contribution in [3.8, 4) is 10.6 Å². The van der Waals surface area contributed by atoms with E-state index in [-0.39, 0.29) is 11.9 Å². The molecule has 3 aromatic heterocycles. The maximum atomic E-state index is 12.8. The van der Waals surface area contributed by atoms with Crippen molar-refractivity contribution < 1.29 is 13.8 Å². The summed E-state index contributed by atoms with van der Waals surface area (Å²) in [6.45, 7) is 2.72. The van der Waals surface area contributed by atoms with E-state index in [1.165, 1.54) is 0 Å². The van der Waals surface area contributed by atoms with Gasteiger partial charge in [0.05, 0.1) is 16.6 Å². The molecule has 24 heavy (non-hydrogen) atoms. The number of carbonyl (C=O) groups is 1. The Morgan fingerprint density at radius 1 is 1.38 bits per heavy atom. The SMILES string of the molecule is CCc1cc(C2CCCN2C(=O)c2cc(-c3cccs3)on2)on1. The summed E-state index contributed by atoms with van der Waals surface area (Å²) in [6.07, 6.45) is 2.63. The summed E-state index contributed by atoms with van der Waals surface area (Å²) in [5.74, 6) is 1.25. The minimum absolute atomic E-state index is 0.0767. The standard InChI is InChI=1S/C17H17N3O3S/c1-2-11-9-14(22-18-11)13-5-3-7-20(13)17(21)12-10-15(23-19-12)16-6-4-8-24-16/h4,6,8-10,13H,2-3,5,7H2,1H3. The lowest BCUT2D eigenvalue weighted by molar-refractivity contribution is 0.0704. The van der Waals surface area contributed by atoms with E-state index in [9.17, 15) is 4.79 Å². The van der Waals surface area contributed by atoms with Gasteiger partial charge in [0.15, 0.2) is 17.2 Å². The van der Waals surface area contributed by atoms with Crippen molar-refractivity contribution in [2.24, 2.45) is 0 Å². The lowest BCUT2D eigenvalue weighted by Gasteiger charge is -2.21. The Bertz CT molecular complexity index is 837. The quantitative estimate of drug-likeness (QED) is 0.717. The average Bonchev–Trinajstić information content (AvgIpc) is 3.41. The summed E-state index contributed by atoms with van der Waals surface area (Å²) in [5, 5.41) is 9.96. The van der Waals surface area contributed by atoms with E-state index in [0.717, 1.165) is 35.6 Å². The van der Waals surface area contributed by atoms with E-state index in [0.29, 0.717) is 18.0 Å². The summed E-state index contributed by atoms with van der Waals surface area (Å²) in [6, 6.07) is 7.46. The topological polar surface area (TPSA) is 72.4 Å². The Balaban J connectivity index is 1.57. The first-order chi connectivity index (χ1) is 11.8. The van der Waals surface area contributed by atoms with Crippen LogP contribution in [-0.4, -0.2) is 27.7 Å². The van der Waals surface area contributed by atoms with E-state index in [4.69, 9.17) is 9.05 Å². The van der Waals surface area contributed by atoms with Crippen molar-refractivity contribution >= 4 is 17.2 Å². The fourth-order valence-electron chi connectivity index (χ4n) is 3.02. The molecule has 1 aliphatic heterocycles. The van der Waals surface area contributed by atoms with Crippen LogP contribution < -0.4 is 0 Å². The lowest BCUT2D eigenvalue weighted by Crippen LogP contribution is -2.30. The number of thiophene rings is 1. The second-order valence-electron chi connectivity index (χ2n) is 5.78. The van der Waals surface area contributed by atoms with Crippen LogP contribution in [0.2, 0.25) is 0 Å². The molecule has 4 heterocycles. The molecular formula is C17H17N3O3S. The van der Waals surface area contributed by atoms with Crippen molar-refractivity contribution in [3.05, 3.63) is 46.8 Å². The first kappa shape index (κ1) is 15.1. The summed E-state index contributed by atoms with van der Waals surface area (Å²) >= 11 is 1.55. The van der Waals surface area contributed by atoms with Crippen molar-refractivity contribution in [1.82, 2.24) is 15.2 Å². The maximum absolute atomic E-state index is 12.8. The van der Waals surface area contributed by atoms with Gasteiger partial charge in [-0.15, -0.1) is 11.3 Å². The predicted molar refractivity (Wildman–Crippen MR) is 88.7 cm³/mol. The lowest BCUT2D eigenvalue weighted by atomic mass is 10.1. The van der Waals surface area contributed by atoms with Crippen molar-refractivity contribution in [2.75, 3.05) is 6.54 Å². The van der Waals surface area contributed by atoms with Crippen LogP contribution in [0, 0.1) is 0 Å². The Morgan fingerprint density at radius 2 is 2.29 bits per heavy atom. The Morgan fingerprint density at radius 3 is 3.04 bits per heavy atom. The number of likely N-dealkylation sites (tertiary alicyclic amines) is 1. The first-order valence-corrected chi connectivity index (χ1v) is 8.91. The molecule has 0 N–H and O–H groups in total. The minimum atomic E-state index is -0.126. The Labute approximate surface area is 143 Å². The van der Waals surface area contributed by atoms with Crippen LogP contribution in [-0.2, 0) is 6.42 Å². The van der Waals surface area contributed by atoms with E-state index in [2.05, 4.69) is 10.3 Å².